The first kappa shape index (κ1) is 16.5. The lowest BCUT2D eigenvalue weighted by Crippen LogP contribution is -2.33. The van der Waals surface area contributed by atoms with Crippen LogP contribution >= 0.6 is 11.3 Å². The molecule has 1 atom stereocenters. The topological polar surface area (TPSA) is 87.6 Å². The maximum atomic E-state index is 9.75. The fourth-order valence-electron chi connectivity index (χ4n) is 3.03. The van der Waals surface area contributed by atoms with Crippen molar-refractivity contribution >= 4 is 11.3 Å². The molecule has 0 fully saturated rings. The summed E-state index contributed by atoms with van der Waals surface area (Å²) in [6.45, 7) is 4.68. The maximum absolute atomic E-state index is 9.75. The Kier molecular flexibility index (Phi) is 4.43. The second kappa shape index (κ2) is 6.72. The van der Waals surface area contributed by atoms with E-state index in [0.717, 1.165) is 41.7 Å². The van der Waals surface area contributed by atoms with Crippen molar-refractivity contribution in [1.82, 2.24) is 19.7 Å². The number of hydrogen-bond donors (Lipinski definition) is 2. The fraction of sp³-hybridized carbons (Fsp3) is 0.412. The number of rotatable bonds is 5. The highest BCUT2D eigenvalue weighted by molar-refractivity contribution is 7.13. The molecule has 1 aliphatic heterocycles. The van der Waals surface area contributed by atoms with E-state index in [9.17, 15) is 5.11 Å². The molecule has 7 nitrogen and oxygen atoms in total. The Morgan fingerprint density at radius 1 is 1.40 bits per heavy atom. The lowest BCUT2D eigenvalue weighted by atomic mass is 10.2. The molecule has 4 heterocycles. The average molecular weight is 360 g/mol. The standard InChI is InChI=1S/C17H20N4O3S/c1-11-14(18-17(24-11)16-3-2-6-25-16)9-20-4-5-21-12(8-20)7-13(19-21)15(23)10-22/h2-3,6-7,15,22-23H,4-5,8-10H2,1H3/t15-/m1/s1. The van der Waals surface area contributed by atoms with Crippen molar-refractivity contribution in [3.05, 3.63) is 46.4 Å². The number of aliphatic hydroxyl groups is 2. The highest BCUT2D eigenvalue weighted by Gasteiger charge is 2.23. The molecule has 0 saturated carbocycles. The molecule has 0 aliphatic carbocycles. The van der Waals surface area contributed by atoms with Crippen LogP contribution < -0.4 is 0 Å². The number of fused-ring (bicyclic) bond motifs is 1. The molecule has 25 heavy (non-hydrogen) atoms. The molecule has 3 aromatic rings. The van der Waals surface area contributed by atoms with Crippen LogP contribution in [-0.2, 0) is 19.6 Å². The zero-order valence-corrected chi connectivity index (χ0v) is 14.7. The zero-order chi connectivity index (χ0) is 17.4. The summed E-state index contributed by atoms with van der Waals surface area (Å²) in [5.74, 6) is 1.52. The van der Waals surface area contributed by atoms with Gasteiger partial charge in [-0.3, -0.25) is 9.58 Å². The number of hydrogen-bond acceptors (Lipinski definition) is 7. The third-order valence-corrected chi connectivity index (χ3v) is 5.27. The third-order valence-electron chi connectivity index (χ3n) is 4.41. The molecule has 4 rings (SSSR count). The lowest BCUT2D eigenvalue weighted by molar-refractivity contribution is 0.0915. The van der Waals surface area contributed by atoms with Crippen LogP contribution in [0.25, 0.3) is 10.8 Å². The highest BCUT2D eigenvalue weighted by atomic mass is 32.1. The third kappa shape index (κ3) is 3.25. The van der Waals surface area contributed by atoms with E-state index in [0.29, 0.717) is 18.1 Å². The minimum atomic E-state index is -0.919. The fourth-order valence-corrected chi connectivity index (χ4v) is 3.68. The van der Waals surface area contributed by atoms with Gasteiger partial charge in [0.25, 0.3) is 0 Å². The van der Waals surface area contributed by atoms with Crippen LogP contribution in [-0.4, -0.2) is 43.0 Å². The second-order valence-corrected chi connectivity index (χ2v) is 7.14. The van der Waals surface area contributed by atoms with Crippen LogP contribution in [0.5, 0.6) is 0 Å². The number of oxazole rings is 1. The van der Waals surface area contributed by atoms with Crippen molar-refractivity contribution in [3.63, 3.8) is 0 Å². The van der Waals surface area contributed by atoms with E-state index >= 15 is 0 Å². The van der Waals surface area contributed by atoms with Gasteiger partial charge in [-0.05, 0) is 24.4 Å². The van der Waals surface area contributed by atoms with Gasteiger partial charge in [0.15, 0.2) is 0 Å². The molecule has 0 radical (unpaired) electrons. The van der Waals surface area contributed by atoms with Gasteiger partial charge >= 0.3 is 0 Å². The van der Waals surface area contributed by atoms with Crippen molar-refractivity contribution in [1.29, 1.82) is 0 Å². The molecular formula is C17H20N4O3S. The van der Waals surface area contributed by atoms with Crippen LogP contribution in [0.15, 0.2) is 28.0 Å². The number of nitrogens with zero attached hydrogens (tertiary/aromatic N) is 4. The molecule has 0 spiro atoms. The van der Waals surface area contributed by atoms with Crippen LogP contribution in [0.3, 0.4) is 0 Å². The molecule has 132 valence electrons. The van der Waals surface area contributed by atoms with Gasteiger partial charge in [-0.15, -0.1) is 11.3 Å². The van der Waals surface area contributed by atoms with Crippen LogP contribution in [0.2, 0.25) is 0 Å². The van der Waals surface area contributed by atoms with Crippen LogP contribution in [0.4, 0.5) is 0 Å². The minimum Gasteiger partial charge on any atom is -0.440 e. The maximum Gasteiger partial charge on any atom is 0.236 e. The summed E-state index contributed by atoms with van der Waals surface area (Å²) in [6.07, 6.45) is -0.919. The first-order valence-electron chi connectivity index (χ1n) is 8.22. The van der Waals surface area contributed by atoms with Crippen LogP contribution in [0.1, 0.15) is 28.9 Å². The molecule has 0 bridgehead atoms. The van der Waals surface area contributed by atoms with Gasteiger partial charge in [-0.2, -0.15) is 5.10 Å². The Morgan fingerprint density at radius 3 is 3.04 bits per heavy atom. The smallest absolute Gasteiger partial charge is 0.236 e. The summed E-state index contributed by atoms with van der Waals surface area (Å²) in [5.41, 5.74) is 2.51. The van der Waals surface area contributed by atoms with Crippen molar-refractivity contribution < 1.29 is 14.6 Å². The number of aliphatic hydroxyl groups excluding tert-OH is 2. The molecule has 1 aliphatic rings. The first-order chi connectivity index (χ1) is 12.1. The van der Waals surface area contributed by atoms with E-state index in [1.165, 1.54) is 0 Å². The summed E-state index contributed by atoms with van der Waals surface area (Å²) >= 11 is 1.62. The molecule has 2 N–H and O–H groups in total. The molecule has 0 aromatic carbocycles. The molecule has 0 saturated heterocycles. The van der Waals surface area contributed by atoms with Crippen molar-refractivity contribution in [3.8, 4) is 10.8 Å². The predicted molar refractivity (Wildman–Crippen MR) is 92.9 cm³/mol. The quantitative estimate of drug-likeness (QED) is 0.723. The average Bonchev–Trinajstić information content (AvgIpc) is 3.33. The van der Waals surface area contributed by atoms with Crippen LogP contribution in [0, 0.1) is 6.92 Å². The van der Waals surface area contributed by atoms with E-state index in [-0.39, 0.29) is 6.61 Å². The van der Waals surface area contributed by atoms with Crippen molar-refractivity contribution in [2.24, 2.45) is 0 Å². The Morgan fingerprint density at radius 2 is 2.28 bits per heavy atom. The summed E-state index contributed by atoms with van der Waals surface area (Å²) in [6, 6.07) is 5.86. The number of thiophene rings is 1. The first-order valence-corrected chi connectivity index (χ1v) is 9.10. The summed E-state index contributed by atoms with van der Waals surface area (Å²) in [7, 11) is 0. The van der Waals surface area contributed by atoms with E-state index in [1.54, 1.807) is 11.3 Å². The van der Waals surface area contributed by atoms with Gasteiger partial charge in [-0.25, -0.2) is 4.98 Å². The minimum absolute atomic E-state index is 0.316. The van der Waals surface area contributed by atoms with Gasteiger partial charge in [0.2, 0.25) is 5.89 Å². The predicted octanol–water partition coefficient (Wildman–Crippen LogP) is 1.95. The van der Waals surface area contributed by atoms with Gasteiger partial charge in [0.05, 0.1) is 35.1 Å². The monoisotopic (exact) mass is 360 g/mol. The highest BCUT2D eigenvalue weighted by Crippen LogP contribution is 2.27. The van der Waals surface area contributed by atoms with E-state index in [1.807, 2.05) is 35.2 Å². The molecule has 8 heteroatoms. The molecule has 3 aromatic heterocycles. The second-order valence-electron chi connectivity index (χ2n) is 6.19. The van der Waals surface area contributed by atoms with Gasteiger partial charge in [0.1, 0.15) is 11.9 Å². The van der Waals surface area contributed by atoms with E-state index < -0.39 is 6.10 Å². The van der Waals surface area contributed by atoms with Gasteiger partial charge < -0.3 is 14.6 Å². The normalized spacial score (nSPS) is 16.1. The largest absolute Gasteiger partial charge is 0.440 e. The molecular weight excluding hydrogens is 340 g/mol. The van der Waals surface area contributed by atoms with Gasteiger partial charge in [-0.1, -0.05) is 6.07 Å². The Hall–Kier alpha value is -2.00. The molecule has 0 unspecified atom stereocenters. The number of aryl methyl sites for hydroxylation is 1. The Balaban J connectivity index is 1.48. The van der Waals surface area contributed by atoms with Crippen molar-refractivity contribution in [2.45, 2.75) is 32.7 Å². The van der Waals surface area contributed by atoms with E-state index in [2.05, 4.69) is 15.0 Å². The van der Waals surface area contributed by atoms with Crippen molar-refractivity contribution in [2.75, 3.05) is 13.2 Å². The summed E-state index contributed by atoms with van der Waals surface area (Å²) in [4.78, 5) is 7.98. The van der Waals surface area contributed by atoms with E-state index in [4.69, 9.17) is 9.52 Å². The Bertz CT molecular complexity index is 856. The number of aromatic nitrogens is 3. The summed E-state index contributed by atoms with van der Waals surface area (Å²) < 4.78 is 7.71. The Labute approximate surface area is 149 Å². The van der Waals surface area contributed by atoms with Gasteiger partial charge in [0, 0.05) is 19.6 Å². The molecule has 0 amide bonds. The zero-order valence-electron chi connectivity index (χ0n) is 13.9. The SMILES string of the molecule is Cc1oc(-c2cccs2)nc1CN1CCn2nc([C@H](O)CO)cc2C1. The lowest BCUT2D eigenvalue weighted by Gasteiger charge is -2.26. The summed E-state index contributed by atoms with van der Waals surface area (Å²) in [5, 5.41) is 25.2.